The highest BCUT2D eigenvalue weighted by atomic mass is 16.5. The molecule has 0 aliphatic rings. The summed E-state index contributed by atoms with van der Waals surface area (Å²) in [7, 11) is 0. The Morgan fingerprint density at radius 1 is 1.27 bits per heavy atom. The van der Waals surface area contributed by atoms with Crippen LogP contribution in [-0.2, 0) is 16.1 Å². The number of carbonyl (C=O) groups is 1. The number of hydrogen-bond donors (Lipinski definition) is 0. The molecule has 0 amide bonds. The van der Waals surface area contributed by atoms with Gasteiger partial charge < -0.3 is 4.74 Å². The van der Waals surface area contributed by atoms with E-state index in [0.717, 1.165) is 12.0 Å². The molecule has 2 nitrogen and oxygen atoms in total. The smallest absolute Gasteiger partial charge is 0.309 e. The zero-order valence-corrected chi connectivity index (χ0v) is 8.98. The molecule has 1 rings (SSSR count). The van der Waals surface area contributed by atoms with Gasteiger partial charge >= 0.3 is 5.97 Å². The fraction of sp³-hybridized carbons (Fsp3) is 0.308. The molecule has 0 saturated heterocycles. The van der Waals surface area contributed by atoms with Crippen molar-refractivity contribution in [2.75, 3.05) is 0 Å². The van der Waals surface area contributed by atoms with Gasteiger partial charge in [0.2, 0.25) is 0 Å². The lowest BCUT2D eigenvalue weighted by molar-refractivity contribution is -0.143. The van der Waals surface area contributed by atoms with Gasteiger partial charge in [0.15, 0.2) is 0 Å². The minimum absolute atomic E-state index is 0.177. The van der Waals surface area contributed by atoms with Crippen molar-refractivity contribution in [3.8, 4) is 0 Å². The summed E-state index contributed by atoms with van der Waals surface area (Å²) in [5.74, 6) is -0.177. The van der Waals surface area contributed by atoms with Gasteiger partial charge in [0, 0.05) is 0 Å². The van der Waals surface area contributed by atoms with Crippen molar-refractivity contribution < 1.29 is 9.53 Å². The molecule has 0 heterocycles. The van der Waals surface area contributed by atoms with Gasteiger partial charge in [-0.2, -0.15) is 0 Å². The highest BCUT2D eigenvalue weighted by Crippen LogP contribution is 2.01. The zero-order chi connectivity index (χ0) is 10.9. The molecule has 0 saturated carbocycles. The molecular formula is C13H16O2. The highest BCUT2D eigenvalue weighted by Gasteiger charge is 1.99. The van der Waals surface area contributed by atoms with Gasteiger partial charge in [-0.05, 0) is 12.0 Å². The molecule has 0 bridgehead atoms. The molecule has 80 valence electrons. The standard InChI is InChI=1S/C13H16O2/c1-2-3-5-10-13(14)15-11-12-8-6-4-7-9-12/h3-9H,2,10-11H2,1H3/b5-3-. The summed E-state index contributed by atoms with van der Waals surface area (Å²) in [5, 5.41) is 0. The van der Waals surface area contributed by atoms with Crippen LogP contribution < -0.4 is 0 Å². The number of ether oxygens (including phenoxy) is 1. The first-order chi connectivity index (χ1) is 7.33. The maximum Gasteiger partial charge on any atom is 0.309 e. The summed E-state index contributed by atoms with van der Waals surface area (Å²) >= 11 is 0. The maximum atomic E-state index is 11.2. The Hall–Kier alpha value is -1.57. The second-order valence-electron chi connectivity index (χ2n) is 3.23. The zero-order valence-electron chi connectivity index (χ0n) is 8.98. The Balaban J connectivity index is 2.26. The van der Waals surface area contributed by atoms with Crippen LogP contribution >= 0.6 is 0 Å². The van der Waals surface area contributed by atoms with Crippen molar-refractivity contribution in [2.24, 2.45) is 0 Å². The van der Waals surface area contributed by atoms with Crippen LogP contribution in [0.2, 0.25) is 0 Å². The van der Waals surface area contributed by atoms with Crippen LogP contribution in [-0.4, -0.2) is 5.97 Å². The molecule has 0 aromatic heterocycles. The van der Waals surface area contributed by atoms with Crippen molar-refractivity contribution in [1.82, 2.24) is 0 Å². The average Bonchev–Trinajstić information content (AvgIpc) is 2.28. The molecule has 0 aliphatic carbocycles. The van der Waals surface area contributed by atoms with Crippen molar-refractivity contribution >= 4 is 5.97 Å². The van der Waals surface area contributed by atoms with E-state index in [-0.39, 0.29) is 5.97 Å². The van der Waals surface area contributed by atoms with E-state index < -0.39 is 0 Å². The number of benzene rings is 1. The van der Waals surface area contributed by atoms with Gasteiger partial charge in [-0.15, -0.1) is 0 Å². The third kappa shape index (κ3) is 5.01. The number of allylic oxidation sites excluding steroid dienone is 1. The normalized spacial score (nSPS) is 10.5. The molecule has 0 aliphatic heterocycles. The predicted octanol–water partition coefficient (Wildman–Crippen LogP) is 3.09. The van der Waals surface area contributed by atoms with Crippen molar-refractivity contribution in [2.45, 2.75) is 26.4 Å². The minimum Gasteiger partial charge on any atom is -0.461 e. The van der Waals surface area contributed by atoms with E-state index in [2.05, 4.69) is 0 Å². The van der Waals surface area contributed by atoms with Crippen LogP contribution in [0.4, 0.5) is 0 Å². The van der Waals surface area contributed by atoms with Crippen LogP contribution in [0.3, 0.4) is 0 Å². The first-order valence-electron chi connectivity index (χ1n) is 5.17. The van der Waals surface area contributed by atoms with Crippen LogP contribution in [0.15, 0.2) is 42.5 Å². The number of rotatable bonds is 5. The lowest BCUT2D eigenvalue weighted by Crippen LogP contribution is -2.02. The van der Waals surface area contributed by atoms with Crippen LogP contribution in [0.5, 0.6) is 0 Å². The van der Waals surface area contributed by atoms with Gasteiger partial charge in [0.05, 0.1) is 6.42 Å². The number of esters is 1. The largest absolute Gasteiger partial charge is 0.461 e. The Morgan fingerprint density at radius 3 is 2.67 bits per heavy atom. The van der Waals surface area contributed by atoms with E-state index in [1.165, 1.54) is 0 Å². The fourth-order valence-corrected chi connectivity index (χ4v) is 1.14. The van der Waals surface area contributed by atoms with E-state index in [9.17, 15) is 4.79 Å². The molecule has 0 unspecified atom stereocenters. The van der Waals surface area contributed by atoms with Gasteiger partial charge in [0.25, 0.3) is 0 Å². The molecule has 1 aromatic rings. The Morgan fingerprint density at radius 2 is 2.00 bits per heavy atom. The lowest BCUT2D eigenvalue weighted by atomic mass is 10.2. The first-order valence-corrected chi connectivity index (χ1v) is 5.17. The fourth-order valence-electron chi connectivity index (χ4n) is 1.14. The SMILES string of the molecule is CC/C=C\CC(=O)OCc1ccccc1. The van der Waals surface area contributed by atoms with Crippen molar-refractivity contribution in [1.29, 1.82) is 0 Å². The lowest BCUT2D eigenvalue weighted by Gasteiger charge is -2.02. The summed E-state index contributed by atoms with van der Waals surface area (Å²) in [6.07, 6.45) is 5.11. The predicted molar refractivity (Wildman–Crippen MR) is 60.3 cm³/mol. The average molecular weight is 204 g/mol. The van der Waals surface area contributed by atoms with E-state index in [1.54, 1.807) is 0 Å². The quantitative estimate of drug-likeness (QED) is 0.544. The molecular weight excluding hydrogens is 188 g/mol. The molecule has 0 atom stereocenters. The molecule has 2 heteroatoms. The summed E-state index contributed by atoms with van der Waals surface area (Å²) in [6.45, 7) is 2.39. The molecule has 0 N–H and O–H groups in total. The first kappa shape index (κ1) is 11.5. The van der Waals surface area contributed by atoms with Crippen LogP contribution in [0.25, 0.3) is 0 Å². The second-order valence-corrected chi connectivity index (χ2v) is 3.23. The van der Waals surface area contributed by atoms with E-state index in [4.69, 9.17) is 4.74 Å². The third-order valence-corrected chi connectivity index (χ3v) is 1.93. The Kier molecular flexibility index (Phi) is 5.23. The Labute approximate surface area is 90.6 Å². The van der Waals surface area contributed by atoms with E-state index in [1.807, 2.05) is 49.4 Å². The summed E-state index contributed by atoms with van der Waals surface area (Å²) in [5.41, 5.74) is 1.02. The third-order valence-electron chi connectivity index (χ3n) is 1.93. The second kappa shape index (κ2) is 6.82. The van der Waals surface area contributed by atoms with Crippen LogP contribution in [0.1, 0.15) is 25.3 Å². The van der Waals surface area contributed by atoms with Gasteiger partial charge in [-0.25, -0.2) is 0 Å². The number of hydrogen-bond acceptors (Lipinski definition) is 2. The van der Waals surface area contributed by atoms with Gasteiger partial charge in [0.1, 0.15) is 6.61 Å². The molecule has 0 fully saturated rings. The van der Waals surface area contributed by atoms with Gasteiger partial charge in [-0.1, -0.05) is 49.4 Å². The van der Waals surface area contributed by atoms with E-state index in [0.29, 0.717) is 13.0 Å². The number of carbonyl (C=O) groups excluding carboxylic acids is 1. The summed E-state index contributed by atoms with van der Waals surface area (Å²) < 4.78 is 5.08. The molecule has 15 heavy (non-hydrogen) atoms. The monoisotopic (exact) mass is 204 g/mol. The van der Waals surface area contributed by atoms with Crippen molar-refractivity contribution in [3.63, 3.8) is 0 Å². The van der Waals surface area contributed by atoms with Gasteiger partial charge in [-0.3, -0.25) is 4.79 Å². The topological polar surface area (TPSA) is 26.3 Å². The molecule has 1 aromatic carbocycles. The molecule has 0 spiro atoms. The molecule has 0 radical (unpaired) electrons. The maximum absolute atomic E-state index is 11.2. The summed E-state index contributed by atoms with van der Waals surface area (Å²) in [6, 6.07) is 9.68. The highest BCUT2D eigenvalue weighted by molar-refractivity contribution is 5.71. The summed E-state index contributed by atoms with van der Waals surface area (Å²) in [4.78, 5) is 11.2. The van der Waals surface area contributed by atoms with Crippen LogP contribution in [0, 0.1) is 0 Å². The van der Waals surface area contributed by atoms with E-state index >= 15 is 0 Å². The minimum atomic E-state index is -0.177. The van der Waals surface area contributed by atoms with Crippen molar-refractivity contribution in [3.05, 3.63) is 48.0 Å². The Bertz CT molecular complexity index is 315.